The molecule has 0 bridgehead atoms. The molecule has 0 aromatic heterocycles. The van der Waals surface area contributed by atoms with Crippen LogP contribution in [-0.4, -0.2) is 30.2 Å². The molecule has 6 heteroatoms. The predicted molar refractivity (Wildman–Crippen MR) is 101 cm³/mol. The highest BCUT2D eigenvalue weighted by Gasteiger charge is 2.34. The summed E-state index contributed by atoms with van der Waals surface area (Å²) in [7, 11) is 0. The van der Waals surface area contributed by atoms with Crippen molar-refractivity contribution in [2.75, 3.05) is 13.3 Å². The standard InChI is InChI=1S/C22H24F3NO2/c1-2-18(12-17-8-10-19(11-9-17)22(23,24)25)21(27)26-15-28-14-20(26)13-16-6-4-3-5-7-16/h3-11,18,20H,2,12-15H2,1H3/t18-,20+/m1/s1. The molecule has 1 amide bonds. The average Bonchev–Trinajstić information content (AvgIpc) is 3.14. The molecule has 2 aromatic rings. The van der Waals surface area contributed by atoms with Crippen LogP contribution in [0.1, 0.15) is 30.0 Å². The van der Waals surface area contributed by atoms with Gasteiger partial charge in [-0.15, -0.1) is 0 Å². The first-order valence-electron chi connectivity index (χ1n) is 9.46. The Morgan fingerprint density at radius 3 is 2.39 bits per heavy atom. The summed E-state index contributed by atoms with van der Waals surface area (Å²) < 4.78 is 43.7. The molecular weight excluding hydrogens is 367 g/mol. The molecule has 0 saturated carbocycles. The topological polar surface area (TPSA) is 29.5 Å². The third-order valence-corrected chi connectivity index (χ3v) is 5.18. The van der Waals surface area contributed by atoms with Crippen LogP contribution in [0.5, 0.6) is 0 Å². The molecule has 2 aromatic carbocycles. The molecule has 0 unspecified atom stereocenters. The van der Waals surface area contributed by atoms with Crippen LogP contribution in [0.3, 0.4) is 0 Å². The van der Waals surface area contributed by atoms with E-state index >= 15 is 0 Å². The van der Waals surface area contributed by atoms with Gasteiger partial charge in [-0.25, -0.2) is 0 Å². The van der Waals surface area contributed by atoms with Gasteiger partial charge in [0.15, 0.2) is 0 Å². The first-order chi connectivity index (χ1) is 13.4. The number of carbonyl (C=O) groups is 1. The minimum Gasteiger partial charge on any atom is -0.359 e. The zero-order valence-corrected chi connectivity index (χ0v) is 15.8. The van der Waals surface area contributed by atoms with Crippen molar-refractivity contribution in [3.63, 3.8) is 0 Å². The molecule has 28 heavy (non-hydrogen) atoms. The Kier molecular flexibility index (Phi) is 6.39. The molecule has 1 saturated heterocycles. The fourth-order valence-corrected chi connectivity index (χ4v) is 3.54. The molecule has 1 fully saturated rings. The quantitative estimate of drug-likeness (QED) is 0.714. The fraction of sp³-hybridized carbons (Fsp3) is 0.409. The molecule has 0 N–H and O–H groups in total. The maximum atomic E-state index is 13.1. The first-order valence-corrected chi connectivity index (χ1v) is 9.46. The smallest absolute Gasteiger partial charge is 0.359 e. The number of benzene rings is 2. The number of carbonyl (C=O) groups excluding carboxylic acids is 1. The van der Waals surface area contributed by atoms with Crippen LogP contribution in [0.4, 0.5) is 13.2 Å². The van der Waals surface area contributed by atoms with E-state index in [1.54, 1.807) is 4.90 Å². The highest BCUT2D eigenvalue weighted by Crippen LogP contribution is 2.30. The van der Waals surface area contributed by atoms with Gasteiger partial charge in [-0.1, -0.05) is 49.4 Å². The summed E-state index contributed by atoms with van der Waals surface area (Å²) in [4.78, 5) is 14.8. The highest BCUT2D eigenvalue weighted by atomic mass is 19.4. The van der Waals surface area contributed by atoms with Gasteiger partial charge in [0, 0.05) is 5.92 Å². The Labute approximate surface area is 163 Å². The maximum Gasteiger partial charge on any atom is 0.416 e. The van der Waals surface area contributed by atoms with Crippen molar-refractivity contribution >= 4 is 5.91 Å². The lowest BCUT2D eigenvalue weighted by molar-refractivity contribution is -0.138. The third kappa shape index (κ3) is 4.93. The van der Waals surface area contributed by atoms with Gasteiger partial charge in [0.25, 0.3) is 0 Å². The second kappa shape index (κ2) is 8.78. The normalized spacial score (nSPS) is 18.3. The zero-order chi connectivity index (χ0) is 20.1. The van der Waals surface area contributed by atoms with Crippen molar-refractivity contribution in [2.45, 2.75) is 38.4 Å². The van der Waals surface area contributed by atoms with Gasteiger partial charge < -0.3 is 9.64 Å². The monoisotopic (exact) mass is 391 g/mol. The van der Waals surface area contributed by atoms with Crippen molar-refractivity contribution in [1.82, 2.24) is 4.90 Å². The fourth-order valence-electron chi connectivity index (χ4n) is 3.54. The molecule has 2 atom stereocenters. The Bertz CT molecular complexity index is 775. The van der Waals surface area contributed by atoms with E-state index in [1.807, 2.05) is 37.3 Å². The van der Waals surface area contributed by atoms with Crippen LogP contribution in [0.25, 0.3) is 0 Å². The summed E-state index contributed by atoms with van der Waals surface area (Å²) in [6.07, 6.45) is -2.59. The van der Waals surface area contributed by atoms with Gasteiger partial charge in [0.05, 0.1) is 18.2 Å². The van der Waals surface area contributed by atoms with E-state index in [2.05, 4.69) is 0 Å². The second-order valence-electron chi connectivity index (χ2n) is 7.16. The van der Waals surface area contributed by atoms with Gasteiger partial charge in [-0.05, 0) is 42.5 Å². The van der Waals surface area contributed by atoms with Gasteiger partial charge in [0.1, 0.15) is 6.73 Å². The van der Waals surface area contributed by atoms with Crippen LogP contribution in [0.15, 0.2) is 54.6 Å². The summed E-state index contributed by atoms with van der Waals surface area (Å²) >= 11 is 0. The summed E-state index contributed by atoms with van der Waals surface area (Å²) in [5, 5.41) is 0. The number of halogens is 3. The van der Waals surface area contributed by atoms with Gasteiger partial charge in [0.2, 0.25) is 5.91 Å². The number of hydrogen-bond donors (Lipinski definition) is 0. The van der Waals surface area contributed by atoms with Crippen LogP contribution < -0.4 is 0 Å². The molecule has 0 radical (unpaired) electrons. The minimum atomic E-state index is -4.35. The Morgan fingerprint density at radius 1 is 1.11 bits per heavy atom. The number of alkyl halides is 3. The summed E-state index contributed by atoms with van der Waals surface area (Å²) in [6, 6.07) is 15.0. The van der Waals surface area contributed by atoms with Crippen molar-refractivity contribution in [3.8, 4) is 0 Å². The minimum absolute atomic E-state index is 0.000768. The van der Waals surface area contributed by atoms with Crippen molar-refractivity contribution < 1.29 is 22.7 Å². The van der Waals surface area contributed by atoms with E-state index in [-0.39, 0.29) is 24.6 Å². The SMILES string of the molecule is CC[C@H](Cc1ccc(C(F)(F)F)cc1)C(=O)N1COC[C@@H]1Cc1ccccc1. The average molecular weight is 391 g/mol. The molecule has 1 heterocycles. The summed E-state index contributed by atoms with van der Waals surface area (Å²) in [6.45, 7) is 2.69. The van der Waals surface area contributed by atoms with E-state index in [0.29, 0.717) is 19.4 Å². The Hall–Kier alpha value is -2.34. The van der Waals surface area contributed by atoms with Gasteiger partial charge in [-0.3, -0.25) is 4.79 Å². The zero-order valence-electron chi connectivity index (χ0n) is 15.8. The Balaban J connectivity index is 1.67. The van der Waals surface area contributed by atoms with Crippen LogP contribution in [-0.2, 0) is 28.5 Å². The van der Waals surface area contributed by atoms with Crippen LogP contribution in [0, 0.1) is 5.92 Å². The Morgan fingerprint density at radius 2 is 1.79 bits per heavy atom. The summed E-state index contributed by atoms with van der Waals surface area (Å²) in [5.41, 5.74) is 1.20. The molecule has 3 nitrogen and oxygen atoms in total. The molecule has 150 valence electrons. The second-order valence-corrected chi connectivity index (χ2v) is 7.16. The van der Waals surface area contributed by atoms with E-state index in [4.69, 9.17) is 4.74 Å². The number of amides is 1. The molecule has 0 spiro atoms. The molecule has 0 aliphatic carbocycles. The summed E-state index contributed by atoms with van der Waals surface area (Å²) in [5.74, 6) is -0.280. The predicted octanol–water partition coefficient (Wildman–Crippen LogP) is 4.70. The first kappa shape index (κ1) is 20.4. The molecule has 1 aliphatic rings. The van der Waals surface area contributed by atoms with E-state index in [0.717, 1.165) is 29.7 Å². The lowest BCUT2D eigenvalue weighted by Crippen LogP contribution is -2.42. The molecule has 3 rings (SSSR count). The maximum absolute atomic E-state index is 13.1. The largest absolute Gasteiger partial charge is 0.416 e. The van der Waals surface area contributed by atoms with E-state index < -0.39 is 11.7 Å². The molecular formula is C22H24F3NO2. The lowest BCUT2D eigenvalue weighted by Gasteiger charge is -2.27. The highest BCUT2D eigenvalue weighted by molar-refractivity contribution is 5.79. The van der Waals surface area contributed by atoms with Gasteiger partial charge >= 0.3 is 6.18 Å². The van der Waals surface area contributed by atoms with E-state index in [9.17, 15) is 18.0 Å². The number of ether oxygens (including phenoxy) is 1. The van der Waals surface area contributed by atoms with Gasteiger partial charge in [-0.2, -0.15) is 13.2 Å². The molecule has 1 aliphatic heterocycles. The number of hydrogen-bond acceptors (Lipinski definition) is 2. The number of nitrogens with zero attached hydrogens (tertiary/aromatic N) is 1. The van der Waals surface area contributed by atoms with E-state index in [1.165, 1.54) is 12.1 Å². The van der Waals surface area contributed by atoms with Crippen LogP contribution in [0.2, 0.25) is 0 Å². The van der Waals surface area contributed by atoms with Crippen molar-refractivity contribution in [1.29, 1.82) is 0 Å². The van der Waals surface area contributed by atoms with Crippen molar-refractivity contribution in [3.05, 3.63) is 71.3 Å². The number of rotatable bonds is 6. The van der Waals surface area contributed by atoms with Crippen LogP contribution >= 0.6 is 0 Å². The lowest BCUT2D eigenvalue weighted by atomic mass is 9.94. The third-order valence-electron chi connectivity index (χ3n) is 5.18. The van der Waals surface area contributed by atoms with Crippen molar-refractivity contribution in [2.24, 2.45) is 5.92 Å².